The number of ketones is 2. The number of phenolic OH excluding ortho intramolecular Hbond substituents is 1. The second-order valence-electron chi connectivity index (χ2n) is 6.37. The van der Waals surface area contributed by atoms with Crippen molar-refractivity contribution in [3.8, 4) is 5.75 Å². The van der Waals surface area contributed by atoms with Crippen LogP contribution in [0.25, 0.3) is 0 Å². The molecule has 1 aliphatic carbocycles. The van der Waals surface area contributed by atoms with E-state index in [0.29, 0.717) is 28.8 Å². The van der Waals surface area contributed by atoms with Crippen molar-refractivity contribution in [1.82, 2.24) is 0 Å². The van der Waals surface area contributed by atoms with Crippen LogP contribution >= 0.6 is 0 Å². The van der Waals surface area contributed by atoms with Gasteiger partial charge in [0.05, 0.1) is 16.8 Å². The molecule has 0 spiro atoms. The lowest BCUT2D eigenvalue weighted by Gasteiger charge is -2.23. The van der Waals surface area contributed by atoms with Crippen molar-refractivity contribution in [2.75, 3.05) is 5.32 Å². The Morgan fingerprint density at radius 1 is 0.889 bits per heavy atom. The summed E-state index contributed by atoms with van der Waals surface area (Å²) in [6.45, 7) is 3.71. The summed E-state index contributed by atoms with van der Waals surface area (Å²) in [5, 5.41) is 13.9. The number of hydrogen-bond donors (Lipinski definition) is 2. The molecule has 0 atom stereocenters. The van der Waals surface area contributed by atoms with Gasteiger partial charge in [-0.05, 0) is 24.6 Å². The molecule has 0 unspecified atom stereocenters. The first kappa shape index (κ1) is 16.8. The molecule has 27 heavy (non-hydrogen) atoms. The Hall–Kier alpha value is -3.66. The minimum atomic E-state index is -0.347. The predicted molar refractivity (Wildman–Crippen MR) is 105 cm³/mol. The molecule has 0 fully saturated rings. The second kappa shape index (κ2) is 6.57. The van der Waals surface area contributed by atoms with E-state index in [1.165, 1.54) is 0 Å². The SMILES string of the molecule is C=CCc1cc(Nc2ccccc2)c2c(c1O)C(=O)c1ccccc1C2=O. The lowest BCUT2D eigenvalue weighted by atomic mass is 9.81. The summed E-state index contributed by atoms with van der Waals surface area (Å²) >= 11 is 0. The molecule has 0 bridgehead atoms. The Labute approximate surface area is 156 Å². The van der Waals surface area contributed by atoms with Gasteiger partial charge in [-0.3, -0.25) is 9.59 Å². The first-order valence-electron chi connectivity index (χ1n) is 8.62. The standard InChI is InChI=1S/C23H17NO3/c1-2-8-14-13-18(24-15-9-4-3-5-10-15)19-20(21(14)25)23(27)17-12-7-6-11-16(17)22(19)26/h2-7,9-13,24-25H,1,8H2. The number of benzene rings is 3. The number of aromatic hydroxyl groups is 1. The van der Waals surface area contributed by atoms with Gasteiger partial charge < -0.3 is 10.4 Å². The van der Waals surface area contributed by atoms with Crippen LogP contribution in [0, 0.1) is 0 Å². The summed E-state index contributed by atoms with van der Waals surface area (Å²) in [6, 6.07) is 17.8. The monoisotopic (exact) mass is 355 g/mol. The lowest BCUT2D eigenvalue weighted by Crippen LogP contribution is -2.23. The smallest absolute Gasteiger partial charge is 0.198 e. The highest BCUT2D eigenvalue weighted by atomic mass is 16.3. The van der Waals surface area contributed by atoms with Gasteiger partial charge in [-0.1, -0.05) is 48.5 Å². The summed E-state index contributed by atoms with van der Waals surface area (Å²) in [5.41, 5.74) is 2.74. The Morgan fingerprint density at radius 3 is 2.11 bits per heavy atom. The highest BCUT2D eigenvalue weighted by molar-refractivity contribution is 6.31. The number of fused-ring (bicyclic) bond motifs is 2. The molecule has 3 aromatic rings. The van der Waals surface area contributed by atoms with Crippen LogP contribution in [0.1, 0.15) is 37.4 Å². The Bertz CT molecular complexity index is 1080. The van der Waals surface area contributed by atoms with E-state index in [1.807, 2.05) is 30.3 Å². The molecule has 4 heteroatoms. The number of anilines is 2. The van der Waals surface area contributed by atoms with Crippen LogP contribution in [0.4, 0.5) is 11.4 Å². The molecule has 132 valence electrons. The van der Waals surface area contributed by atoms with Gasteiger partial charge in [0.1, 0.15) is 5.75 Å². The highest BCUT2D eigenvalue weighted by Crippen LogP contribution is 2.40. The summed E-state index contributed by atoms with van der Waals surface area (Å²) < 4.78 is 0. The van der Waals surface area contributed by atoms with E-state index < -0.39 is 0 Å². The summed E-state index contributed by atoms with van der Waals surface area (Å²) in [7, 11) is 0. The molecule has 3 aromatic carbocycles. The number of carbonyl (C=O) groups is 2. The normalized spacial score (nSPS) is 12.3. The van der Waals surface area contributed by atoms with Crippen molar-refractivity contribution in [2.45, 2.75) is 6.42 Å². The zero-order chi connectivity index (χ0) is 19.0. The van der Waals surface area contributed by atoms with Gasteiger partial charge in [0, 0.05) is 22.4 Å². The predicted octanol–water partition coefficient (Wildman–Crippen LogP) is 4.64. The summed E-state index contributed by atoms with van der Waals surface area (Å²) in [5.74, 6) is -0.782. The third kappa shape index (κ3) is 2.72. The molecule has 0 heterocycles. The number of carbonyl (C=O) groups excluding carboxylic acids is 2. The number of allylic oxidation sites excluding steroid dienone is 1. The zero-order valence-corrected chi connectivity index (χ0v) is 14.5. The highest BCUT2D eigenvalue weighted by Gasteiger charge is 2.35. The quantitative estimate of drug-likeness (QED) is 0.413. The topological polar surface area (TPSA) is 66.4 Å². The van der Waals surface area contributed by atoms with Gasteiger partial charge in [-0.2, -0.15) is 0 Å². The fraction of sp³-hybridized carbons (Fsp3) is 0.0435. The van der Waals surface area contributed by atoms with Crippen molar-refractivity contribution < 1.29 is 14.7 Å². The first-order chi connectivity index (χ1) is 13.1. The number of nitrogens with one attached hydrogen (secondary N) is 1. The van der Waals surface area contributed by atoms with E-state index in [0.717, 1.165) is 5.69 Å². The molecule has 4 nitrogen and oxygen atoms in total. The third-order valence-electron chi connectivity index (χ3n) is 4.67. The number of hydrogen-bond acceptors (Lipinski definition) is 4. The lowest BCUT2D eigenvalue weighted by molar-refractivity contribution is 0.0977. The molecule has 0 aromatic heterocycles. The maximum atomic E-state index is 13.2. The zero-order valence-electron chi connectivity index (χ0n) is 14.5. The molecule has 0 aliphatic heterocycles. The fourth-order valence-corrected chi connectivity index (χ4v) is 3.42. The first-order valence-corrected chi connectivity index (χ1v) is 8.62. The van der Waals surface area contributed by atoms with Crippen LogP contribution in [-0.4, -0.2) is 16.7 Å². The summed E-state index contributed by atoms with van der Waals surface area (Å²) in [4.78, 5) is 26.2. The van der Waals surface area contributed by atoms with Crippen LogP contribution < -0.4 is 5.32 Å². The molecular weight excluding hydrogens is 338 g/mol. The largest absolute Gasteiger partial charge is 0.507 e. The van der Waals surface area contributed by atoms with Crippen LogP contribution in [0.15, 0.2) is 73.3 Å². The summed E-state index contributed by atoms with van der Waals surface area (Å²) in [6.07, 6.45) is 2.03. The average Bonchev–Trinajstić information content (AvgIpc) is 2.69. The third-order valence-corrected chi connectivity index (χ3v) is 4.67. The van der Waals surface area contributed by atoms with Crippen LogP contribution in [0.5, 0.6) is 5.75 Å². The average molecular weight is 355 g/mol. The van der Waals surface area contributed by atoms with Crippen LogP contribution in [-0.2, 0) is 6.42 Å². The molecule has 4 rings (SSSR count). The van der Waals surface area contributed by atoms with Crippen molar-refractivity contribution in [2.24, 2.45) is 0 Å². The Balaban J connectivity index is 1.97. The van der Waals surface area contributed by atoms with Gasteiger partial charge >= 0.3 is 0 Å². The van der Waals surface area contributed by atoms with E-state index in [-0.39, 0.29) is 28.4 Å². The second-order valence-corrected chi connectivity index (χ2v) is 6.37. The maximum absolute atomic E-state index is 13.2. The van der Waals surface area contributed by atoms with Gasteiger partial charge in [0.15, 0.2) is 11.6 Å². The minimum absolute atomic E-state index is 0.0523. The van der Waals surface area contributed by atoms with Crippen molar-refractivity contribution in [3.05, 3.63) is 101 Å². The molecule has 0 amide bonds. The molecule has 1 aliphatic rings. The van der Waals surface area contributed by atoms with Gasteiger partial charge in [-0.25, -0.2) is 0 Å². The van der Waals surface area contributed by atoms with Crippen molar-refractivity contribution >= 4 is 22.9 Å². The van der Waals surface area contributed by atoms with Gasteiger partial charge in [-0.15, -0.1) is 6.58 Å². The fourth-order valence-electron chi connectivity index (χ4n) is 3.42. The maximum Gasteiger partial charge on any atom is 0.198 e. The van der Waals surface area contributed by atoms with E-state index in [9.17, 15) is 14.7 Å². The van der Waals surface area contributed by atoms with Crippen molar-refractivity contribution in [3.63, 3.8) is 0 Å². The molecule has 0 saturated heterocycles. The molecular formula is C23H17NO3. The molecule has 0 radical (unpaired) electrons. The number of para-hydroxylation sites is 1. The number of phenols is 1. The molecule has 0 saturated carbocycles. The minimum Gasteiger partial charge on any atom is -0.507 e. The Morgan fingerprint density at radius 2 is 1.48 bits per heavy atom. The number of rotatable bonds is 4. The van der Waals surface area contributed by atoms with E-state index in [4.69, 9.17) is 0 Å². The van der Waals surface area contributed by atoms with Crippen molar-refractivity contribution in [1.29, 1.82) is 0 Å². The van der Waals surface area contributed by atoms with Crippen LogP contribution in [0.3, 0.4) is 0 Å². The molecule has 2 N–H and O–H groups in total. The van der Waals surface area contributed by atoms with Crippen LogP contribution in [0.2, 0.25) is 0 Å². The van der Waals surface area contributed by atoms with Gasteiger partial charge in [0.2, 0.25) is 0 Å². The van der Waals surface area contributed by atoms with Gasteiger partial charge in [0.25, 0.3) is 0 Å². The van der Waals surface area contributed by atoms with E-state index >= 15 is 0 Å². The van der Waals surface area contributed by atoms with E-state index in [2.05, 4.69) is 11.9 Å². The Kier molecular flexibility index (Phi) is 4.09. The van der Waals surface area contributed by atoms with E-state index in [1.54, 1.807) is 36.4 Å².